The van der Waals surface area contributed by atoms with Crippen molar-refractivity contribution in [3.05, 3.63) is 28.2 Å². The Kier molecular flexibility index (Phi) is 4.88. The van der Waals surface area contributed by atoms with E-state index in [0.29, 0.717) is 17.7 Å². The van der Waals surface area contributed by atoms with E-state index in [2.05, 4.69) is 21.2 Å². The topological polar surface area (TPSA) is 78.9 Å². The first kappa shape index (κ1) is 14.7. The summed E-state index contributed by atoms with van der Waals surface area (Å²) in [5.41, 5.74) is 5.91. The minimum Gasteiger partial charge on any atom is -0.323 e. The Bertz CT molecular complexity index is 491. The van der Waals surface area contributed by atoms with Crippen LogP contribution in [0.25, 0.3) is 0 Å². The predicted octanol–water partition coefficient (Wildman–Crippen LogP) is 2.78. The van der Waals surface area contributed by atoms with Gasteiger partial charge >= 0.3 is 0 Å². The number of amides is 1. The molecule has 0 saturated heterocycles. The fourth-order valence-electron chi connectivity index (χ4n) is 1.62. The van der Waals surface area contributed by atoms with E-state index in [1.807, 2.05) is 13.0 Å². The SMILES string of the molecule is CCCC(C)(N)C(=O)Nc1ccc(Br)cc1C#N. The lowest BCUT2D eigenvalue weighted by Gasteiger charge is -2.23. The molecule has 1 atom stereocenters. The number of rotatable bonds is 4. The zero-order valence-electron chi connectivity index (χ0n) is 10.5. The van der Waals surface area contributed by atoms with Crippen molar-refractivity contribution < 1.29 is 4.79 Å². The quantitative estimate of drug-likeness (QED) is 0.897. The average Bonchev–Trinajstić information content (AvgIpc) is 2.31. The molecule has 0 aliphatic rings. The van der Waals surface area contributed by atoms with Gasteiger partial charge in [0.1, 0.15) is 6.07 Å². The number of nitrogens with two attached hydrogens (primary N) is 1. The Morgan fingerprint density at radius 1 is 1.61 bits per heavy atom. The van der Waals surface area contributed by atoms with E-state index in [-0.39, 0.29) is 5.91 Å². The van der Waals surface area contributed by atoms with Crippen LogP contribution in [0.3, 0.4) is 0 Å². The summed E-state index contributed by atoms with van der Waals surface area (Å²) in [5, 5.41) is 11.7. The third-order valence-corrected chi connectivity index (χ3v) is 3.13. The van der Waals surface area contributed by atoms with Gasteiger partial charge in [0, 0.05) is 4.47 Å². The highest BCUT2D eigenvalue weighted by Gasteiger charge is 2.27. The van der Waals surface area contributed by atoms with Crippen molar-refractivity contribution in [3.8, 4) is 6.07 Å². The van der Waals surface area contributed by atoms with Crippen molar-refractivity contribution in [3.63, 3.8) is 0 Å². The number of hydrogen-bond donors (Lipinski definition) is 2. The van der Waals surface area contributed by atoms with E-state index in [4.69, 9.17) is 11.0 Å². The molecule has 1 unspecified atom stereocenters. The van der Waals surface area contributed by atoms with Gasteiger partial charge in [0.2, 0.25) is 5.91 Å². The molecule has 0 spiro atoms. The lowest BCUT2D eigenvalue weighted by Crippen LogP contribution is -2.48. The first-order valence-electron chi connectivity index (χ1n) is 5.70. The van der Waals surface area contributed by atoms with Crippen LogP contribution in [0.1, 0.15) is 32.3 Å². The van der Waals surface area contributed by atoms with Crippen LogP contribution < -0.4 is 11.1 Å². The number of hydrogen-bond acceptors (Lipinski definition) is 3. The molecule has 18 heavy (non-hydrogen) atoms. The van der Waals surface area contributed by atoms with Gasteiger partial charge in [-0.25, -0.2) is 0 Å². The molecule has 0 aliphatic carbocycles. The fraction of sp³-hybridized carbons (Fsp3) is 0.385. The number of nitrogens with one attached hydrogen (secondary N) is 1. The Balaban J connectivity index is 2.92. The number of anilines is 1. The Hall–Kier alpha value is -1.38. The number of nitriles is 1. The van der Waals surface area contributed by atoms with Gasteiger partial charge in [-0.2, -0.15) is 5.26 Å². The van der Waals surface area contributed by atoms with Crippen molar-refractivity contribution in [1.29, 1.82) is 5.26 Å². The van der Waals surface area contributed by atoms with Crippen LogP contribution in [0.15, 0.2) is 22.7 Å². The molecular weight excluding hydrogens is 294 g/mol. The van der Waals surface area contributed by atoms with Crippen LogP contribution in [0, 0.1) is 11.3 Å². The summed E-state index contributed by atoms with van der Waals surface area (Å²) >= 11 is 3.28. The minimum absolute atomic E-state index is 0.275. The molecule has 0 aromatic heterocycles. The van der Waals surface area contributed by atoms with Gasteiger partial charge in [0.15, 0.2) is 0 Å². The molecule has 0 radical (unpaired) electrons. The second kappa shape index (κ2) is 5.98. The molecule has 1 aromatic rings. The molecule has 0 aliphatic heterocycles. The second-order valence-corrected chi connectivity index (χ2v) is 5.34. The van der Waals surface area contributed by atoms with Gasteiger partial charge in [0.25, 0.3) is 0 Å². The molecule has 1 amide bonds. The highest BCUT2D eigenvalue weighted by Crippen LogP contribution is 2.21. The second-order valence-electron chi connectivity index (χ2n) is 4.42. The molecule has 1 aromatic carbocycles. The standard InChI is InChI=1S/C13H16BrN3O/c1-3-6-13(2,16)12(18)17-11-5-4-10(14)7-9(11)8-15/h4-5,7H,3,6,16H2,1-2H3,(H,17,18). The maximum atomic E-state index is 12.0. The summed E-state index contributed by atoms with van der Waals surface area (Å²) in [5.74, 6) is -0.275. The molecule has 0 saturated carbocycles. The summed E-state index contributed by atoms with van der Waals surface area (Å²) < 4.78 is 0.793. The van der Waals surface area contributed by atoms with Gasteiger partial charge in [-0.05, 0) is 31.5 Å². The third kappa shape index (κ3) is 3.56. The van der Waals surface area contributed by atoms with Crippen LogP contribution in [0.5, 0.6) is 0 Å². The summed E-state index contributed by atoms with van der Waals surface area (Å²) in [4.78, 5) is 12.0. The maximum absolute atomic E-state index is 12.0. The zero-order valence-corrected chi connectivity index (χ0v) is 12.0. The molecule has 0 bridgehead atoms. The van der Waals surface area contributed by atoms with Crippen molar-refractivity contribution in [2.45, 2.75) is 32.2 Å². The highest BCUT2D eigenvalue weighted by molar-refractivity contribution is 9.10. The van der Waals surface area contributed by atoms with Crippen molar-refractivity contribution in [1.82, 2.24) is 0 Å². The van der Waals surface area contributed by atoms with Crippen LogP contribution in [0.2, 0.25) is 0 Å². The lowest BCUT2D eigenvalue weighted by molar-refractivity contribution is -0.120. The number of halogens is 1. The van der Waals surface area contributed by atoms with Gasteiger partial charge in [-0.1, -0.05) is 29.3 Å². The Morgan fingerprint density at radius 3 is 2.83 bits per heavy atom. The number of nitrogens with zero attached hydrogens (tertiary/aromatic N) is 1. The monoisotopic (exact) mass is 309 g/mol. The van der Waals surface area contributed by atoms with Gasteiger partial charge in [-0.15, -0.1) is 0 Å². The number of carbonyl (C=O) groups excluding carboxylic acids is 1. The average molecular weight is 310 g/mol. The minimum atomic E-state index is -0.922. The van der Waals surface area contributed by atoms with Crippen LogP contribution in [-0.2, 0) is 4.79 Å². The van der Waals surface area contributed by atoms with E-state index in [0.717, 1.165) is 10.9 Å². The largest absolute Gasteiger partial charge is 0.323 e. The van der Waals surface area contributed by atoms with E-state index >= 15 is 0 Å². The normalized spacial score (nSPS) is 13.5. The van der Waals surface area contributed by atoms with E-state index in [1.54, 1.807) is 25.1 Å². The predicted molar refractivity (Wildman–Crippen MR) is 75.0 cm³/mol. The Labute approximate surface area is 115 Å². The maximum Gasteiger partial charge on any atom is 0.244 e. The first-order chi connectivity index (χ1) is 8.40. The van der Waals surface area contributed by atoms with Gasteiger partial charge in [0.05, 0.1) is 16.8 Å². The Morgan fingerprint density at radius 2 is 2.28 bits per heavy atom. The number of carbonyl (C=O) groups is 1. The molecule has 4 nitrogen and oxygen atoms in total. The summed E-state index contributed by atoms with van der Waals surface area (Å²) in [6, 6.07) is 7.15. The van der Waals surface area contributed by atoms with Gasteiger partial charge in [-0.3, -0.25) is 4.79 Å². The lowest BCUT2D eigenvalue weighted by atomic mass is 9.96. The summed E-state index contributed by atoms with van der Waals surface area (Å²) in [7, 11) is 0. The molecule has 96 valence electrons. The van der Waals surface area contributed by atoms with Gasteiger partial charge < -0.3 is 11.1 Å². The van der Waals surface area contributed by atoms with E-state index in [9.17, 15) is 4.79 Å². The molecule has 3 N–H and O–H groups in total. The summed E-state index contributed by atoms with van der Waals surface area (Å²) in [6.07, 6.45) is 1.42. The number of benzene rings is 1. The van der Waals surface area contributed by atoms with E-state index < -0.39 is 5.54 Å². The van der Waals surface area contributed by atoms with Crippen LogP contribution >= 0.6 is 15.9 Å². The zero-order chi connectivity index (χ0) is 13.8. The molecular formula is C13H16BrN3O. The third-order valence-electron chi connectivity index (χ3n) is 2.64. The van der Waals surface area contributed by atoms with Crippen molar-refractivity contribution >= 4 is 27.5 Å². The van der Waals surface area contributed by atoms with Crippen LogP contribution in [0.4, 0.5) is 5.69 Å². The van der Waals surface area contributed by atoms with Crippen molar-refractivity contribution in [2.24, 2.45) is 5.73 Å². The molecule has 1 rings (SSSR count). The fourth-order valence-corrected chi connectivity index (χ4v) is 1.98. The van der Waals surface area contributed by atoms with Crippen molar-refractivity contribution in [2.75, 3.05) is 5.32 Å². The smallest absolute Gasteiger partial charge is 0.244 e. The molecule has 5 heteroatoms. The first-order valence-corrected chi connectivity index (χ1v) is 6.50. The van der Waals surface area contributed by atoms with Crippen LogP contribution in [-0.4, -0.2) is 11.4 Å². The highest BCUT2D eigenvalue weighted by atomic mass is 79.9. The van der Waals surface area contributed by atoms with E-state index in [1.165, 1.54) is 0 Å². The molecule has 0 fully saturated rings. The molecule has 0 heterocycles. The summed E-state index contributed by atoms with van der Waals surface area (Å²) in [6.45, 7) is 3.66.